The van der Waals surface area contributed by atoms with Crippen molar-refractivity contribution in [1.29, 1.82) is 0 Å². The van der Waals surface area contributed by atoms with E-state index in [0.29, 0.717) is 16.5 Å². The summed E-state index contributed by atoms with van der Waals surface area (Å²) in [4.78, 5) is 8.48. The maximum atomic E-state index is 13.7. The zero-order valence-corrected chi connectivity index (χ0v) is 10.9. The summed E-state index contributed by atoms with van der Waals surface area (Å²) in [5.41, 5.74) is 2.96. The highest BCUT2D eigenvalue weighted by Crippen LogP contribution is 2.32. The zero-order chi connectivity index (χ0) is 14.1. The second-order valence-electron chi connectivity index (χ2n) is 3.91. The molecular formula is C12H9F2N5S. The van der Waals surface area contributed by atoms with E-state index in [1.807, 2.05) is 0 Å². The quantitative estimate of drug-likeness (QED) is 0.573. The SMILES string of the molecule is NNc1cn2ccnc2c(Sc2cc(F)ccc2F)n1. The summed E-state index contributed by atoms with van der Waals surface area (Å²) >= 11 is 0.987. The third-order valence-corrected chi connectivity index (χ3v) is 3.59. The number of hydrogen-bond donors (Lipinski definition) is 2. The lowest BCUT2D eigenvalue weighted by Gasteiger charge is -2.07. The van der Waals surface area contributed by atoms with Gasteiger partial charge in [-0.25, -0.2) is 24.6 Å². The van der Waals surface area contributed by atoms with Crippen molar-refractivity contribution in [3.05, 3.63) is 48.4 Å². The second-order valence-corrected chi connectivity index (χ2v) is 4.94. The molecule has 102 valence electrons. The molecule has 8 heteroatoms. The number of rotatable bonds is 3. The first-order valence-electron chi connectivity index (χ1n) is 5.60. The number of nitrogens with one attached hydrogen (secondary N) is 1. The van der Waals surface area contributed by atoms with Gasteiger partial charge < -0.3 is 9.83 Å². The monoisotopic (exact) mass is 293 g/mol. The Bertz CT molecular complexity index is 774. The third-order valence-electron chi connectivity index (χ3n) is 2.59. The van der Waals surface area contributed by atoms with Crippen molar-refractivity contribution in [2.75, 3.05) is 5.43 Å². The molecule has 0 radical (unpaired) electrons. The van der Waals surface area contributed by atoms with E-state index in [4.69, 9.17) is 5.84 Å². The number of nitrogens with zero attached hydrogens (tertiary/aromatic N) is 3. The van der Waals surface area contributed by atoms with E-state index in [1.54, 1.807) is 23.0 Å². The van der Waals surface area contributed by atoms with Crippen molar-refractivity contribution in [3.63, 3.8) is 0 Å². The van der Waals surface area contributed by atoms with Crippen molar-refractivity contribution in [1.82, 2.24) is 14.4 Å². The van der Waals surface area contributed by atoms with Gasteiger partial charge in [0.05, 0.1) is 11.1 Å². The van der Waals surface area contributed by atoms with Crippen molar-refractivity contribution in [2.45, 2.75) is 9.92 Å². The van der Waals surface area contributed by atoms with E-state index in [9.17, 15) is 8.78 Å². The summed E-state index contributed by atoms with van der Waals surface area (Å²) < 4.78 is 28.6. The number of benzene rings is 1. The highest BCUT2D eigenvalue weighted by molar-refractivity contribution is 7.99. The summed E-state index contributed by atoms with van der Waals surface area (Å²) in [5, 5.41) is 0.426. The average molecular weight is 293 g/mol. The number of imidazole rings is 1. The molecule has 3 rings (SSSR count). The number of hydrogen-bond acceptors (Lipinski definition) is 5. The highest BCUT2D eigenvalue weighted by atomic mass is 32.2. The Kier molecular flexibility index (Phi) is 3.25. The molecule has 0 aliphatic heterocycles. The standard InChI is InChI=1S/C12H9F2N5S/c13-7-1-2-8(14)9(5-7)20-12-11-16-3-4-19(11)6-10(17-12)18-15/h1-6,18H,15H2. The summed E-state index contributed by atoms with van der Waals surface area (Å²) in [5.74, 6) is 4.70. The molecule has 0 amide bonds. The predicted molar refractivity (Wildman–Crippen MR) is 71.3 cm³/mol. The number of hydrazine groups is 1. The molecule has 5 nitrogen and oxygen atoms in total. The molecule has 3 N–H and O–H groups in total. The molecule has 3 aromatic rings. The van der Waals surface area contributed by atoms with Crippen molar-refractivity contribution in [2.24, 2.45) is 5.84 Å². The number of halogens is 2. The third kappa shape index (κ3) is 2.30. The zero-order valence-electron chi connectivity index (χ0n) is 10.0. The van der Waals surface area contributed by atoms with Crippen molar-refractivity contribution < 1.29 is 8.78 Å². The molecule has 0 saturated carbocycles. The summed E-state index contributed by atoms with van der Waals surface area (Å²) in [6, 6.07) is 3.25. The lowest BCUT2D eigenvalue weighted by molar-refractivity contribution is 0.577. The lowest BCUT2D eigenvalue weighted by Crippen LogP contribution is -2.10. The molecule has 2 aromatic heterocycles. The molecule has 0 bridgehead atoms. The first-order valence-corrected chi connectivity index (χ1v) is 6.42. The Balaban J connectivity index is 2.09. The normalized spacial score (nSPS) is 10.9. The fourth-order valence-corrected chi connectivity index (χ4v) is 2.64. The van der Waals surface area contributed by atoms with E-state index < -0.39 is 11.6 Å². The average Bonchev–Trinajstić information content (AvgIpc) is 2.91. The first-order chi connectivity index (χ1) is 9.67. The maximum absolute atomic E-state index is 13.7. The summed E-state index contributed by atoms with van der Waals surface area (Å²) in [6.07, 6.45) is 4.95. The fraction of sp³-hybridized carbons (Fsp3) is 0. The molecule has 0 saturated heterocycles. The molecule has 0 spiro atoms. The Morgan fingerprint density at radius 2 is 2.15 bits per heavy atom. The van der Waals surface area contributed by atoms with Gasteiger partial charge in [0.25, 0.3) is 0 Å². The minimum atomic E-state index is -0.519. The number of nitrogen functional groups attached to an aromatic ring is 1. The summed E-state index contributed by atoms with van der Waals surface area (Å²) in [6.45, 7) is 0. The molecule has 1 aromatic carbocycles. The van der Waals surface area contributed by atoms with Crippen molar-refractivity contribution in [3.8, 4) is 0 Å². The van der Waals surface area contributed by atoms with Gasteiger partial charge in [0, 0.05) is 12.4 Å². The Morgan fingerprint density at radius 3 is 2.95 bits per heavy atom. The maximum Gasteiger partial charge on any atom is 0.170 e. The minimum absolute atomic E-state index is 0.136. The molecule has 0 unspecified atom stereocenters. The van der Waals surface area contributed by atoms with Gasteiger partial charge in [-0.2, -0.15) is 0 Å². The van der Waals surface area contributed by atoms with Gasteiger partial charge >= 0.3 is 0 Å². The highest BCUT2D eigenvalue weighted by Gasteiger charge is 2.12. The molecule has 2 heterocycles. The predicted octanol–water partition coefficient (Wildman–Crippen LogP) is 2.44. The molecule has 0 aliphatic rings. The number of fused-ring (bicyclic) bond motifs is 1. The van der Waals surface area contributed by atoms with Crippen LogP contribution in [0.25, 0.3) is 5.65 Å². The van der Waals surface area contributed by atoms with Gasteiger partial charge in [0.2, 0.25) is 0 Å². The Morgan fingerprint density at radius 1 is 1.30 bits per heavy atom. The van der Waals surface area contributed by atoms with Crippen molar-refractivity contribution >= 4 is 23.2 Å². The smallest absolute Gasteiger partial charge is 0.170 e. The minimum Gasteiger partial charge on any atom is -0.307 e. The van der Waals surface area contributed by atoms with Crippen LogP contribution in [0.1, 0.15) is 0 Å². The van der Waals surface area contributed by atoms with Gasteiger partial charge in [-0.15, -0.1) is 0 Å². The van der Waals surface area contributed by atoms with E-state index >= 15 is 0 Å². The van der Waals surface area contributed by atoms with Crippen LogP contribution < -0.4 is 11.3 Å². The number of nitrogens with two attached hydrogens (primary N) is 1. The van der Waals surface area contributed by atoms with E-state index in [0.717, 1.165) is 30.0 Å². The molecule has 0 aliphatic carbocycles. The number of anilines is 1. The van der Waals surface area contributed by atoms with Crippen LogP contribution in [0.15, 0.2) is 46.7 Å². The van der Waals surface area contributed by atoms with Gasteiger partial charge in [0.15, 0.2) is 11.5 Å². The second kappa shape index (κ2) is 5.06. The van der Waals surface area contributed by atoms with Crippen LogP contribution in [0, 0.1) is 11.6 Å². The summed E-state index contributed by atoms with van der Waals surface area (Å²) in [7, 11) is 0. The Labute approximate surface area is 116 Å². The van der Waals surface area contributed by atoms with Crippen LogP contribution >= 0.6 is 11.8 Å². The van der Waals surface area contributed by atoms with Crippen LogP contribution in [0.4, 0.5) is 14.6 Å². The molecular weight excluding hydrogens is 284 g/mol. The van der Waals surface area contributed by atoms with Crippen LogP contribution in [-0.4, -0.2) is 14.4 Å². The number of aromatic nitrogens is 3. The fourth-order valence-electron chi connectivity index (χ4n) is 1.70. The van der Waals surface area contributed by atoms with E-state index in [2.05, 4.69) is 15.4 Å². The first kappa shape index (κ1) is 12.8. The van der Waals surface area contributed by atoms with Crippen LogP contribution in [-0.2, 0) is 0 Å². The van der Waals surface area contributed by atoms with Crippen LogP contribution in [0.3, 0.4) is 0 Å². The van der Waals surface area contributed by atoms with Gasteiger partial charge in [-0.05, 0) is 18.2 Å². The topological polar surface area (TPSA) is 68.2 Å². The van der Waals surface area contributed by atoms with E-state index in [1.165, 1.54) is 0 Å². The Hall–Kier alpha value is -2.19. The molecule has 0 atom stereocenters. The van der Waals surface area contributed by atoms with Gasteiger partial charge in [-0.1, -0.05) is 11.8 Å². The van der Waals surface area contributed by atoms with Crippen LogP contribution in [0.5, 0.6) is 0 Å². The van der Waals surface area contributed by atoms with Gasteiger partial charge in [-0.3, -0.25) is 0 Å². The lowest BCUT2D eigenvalue weighted by atomic mass is 10.3. The van der Waals surface area contributed by atoms with E-state index in [-0.39, 0.29) is 4.90 Å². The molecule has 0 fully saturated rings. The van der Waals surface area contributed by atoms with Gasteiger partial charge in [0.1, 0.15) is 16.7 Å². The largest absolute Gasteiger partial charge is 0.307 e. The molecule has 20 heavy (non-hydrogen) atoms. The van der Waals surface area contributed by atoms with Crippen LogP contribution in [0.2, 0.25) is 0 Å².